The van der Waals surface area contributed by atoms with Gasteiger partial charge in [0.05, 0.1) is 5.69 Å². The molecular weight excluding hydrogens is 391 g/mol. The Morgan fingerprint density at radius 3 is 2.42 bits per heavy atom. The van der Waals surface area contributed by atoms with Gasteiger partial charge in [0.15, 0.2) is 0 Å². The number of nitrogen functional groups attached to an aromatic ring is 1. The molecular formula is C25H27FN4O. The monoisotopic (exact) mass is 418 g/mol. The minimum absolute atomic E-state index is 0.111. The number of carbonyl (C=O) groups excluding carboxylic acids is 1. The van der Waals surface area contributed by atoms with Crippen LogP contribution >= 0.6 is 0 Å². The van der Waals surface area contributed by atoms with Crippen LogP contribution in [0.4, 0.5) is 15.9 Å². The number of rotatable bonds is 7. The van der Waals surface area contributed by atoms with E-state index in [0.717, 1.165) is 36.0 Å². The summed E-state index contributed by atoms with van der Waals surface area (Å²) in [6.07, 6.45) is 4.88. The number of anilines is 2. The van der Waals surface area contributed by atoms with Gasteiger partial charge in [-0.3, -0.25) is 4.79 Å². The maximum absolute atomic E-state index is 14.9. The highest BCUT2D eigenvalue weighted by Crippen LogP contribution is 2.46. The second-order valence-electron chi connectivity index (χ2n) is 8.15. The SMILES string of the molecule is CCC1(N(C)c2ccc(-c3ccc(C(=O)NCc4ccc(N)nc4)cc3)cc2F)CC1. The highest BCUT2D eigenvalue weighted by molar-refractivity contribution is 5.94. The fourth-order valence-corrected chi connectivity index (χ4v) is 3.92. The second-order valence-corrected chi connectivity index (χ2v) is 8.15. The summed E-state index contributed by atoms with van der Waals surface area (Å²) < 4.78 is 14.9. The number of nitrogens with two attached hydrogens (primary N) is 1. The van der Waals surface area contributed by atoms with Crippen LogP contribution < -0.4 is 16.0 Å². The van der Waals surface area contributed by atoms with Crippen molar-refractivity contribution < 1.29 is 9.18 Å². The smallest absolute Gasteiger partial charge is 0.251 e. The van der Waals surface area contributed by atoms with E-state index in [4.69, 9.17) is 5.73 Å². The first kappa shape index (κ1) is 20.8. The Bertz CT molecular complexity index is 1080. The van der Waals surface area contributed by atoms with Crippen molar-refractivity contribution in [2.24, 2.45) is 0 Å². The topological polar surface area (TPSA) is 71.2 Å². The number of benzene rings is 2. The molecule has 1 aromatic heterocycles. The van der Waals surface area contributed by atoms with Crippen LogP contribution in [-0.4, -0.2) is 23.5 Å². The molecule has 3 aromatic rings. The van der Waals surface area contributed by atoms with Crippen LogP contribution in [-0.2, 0) is 6.54 Å². The molecule has 0 spiro atoms. The van der Waals surface area contributed by atoms with Gasteiger partial charge in [-0.15, -0.1) is 0 Å². The molecule has 0 saturated heterocycles. The summed E-state index contributed by atoms with van der Waals surface area (Å²) in [5.74, 6) is 0.0404. The third-order valence-electron chi connectivity index (χ3n) is 6.29. The Morgan fingerprint density at radius 2 is 1.84 bits per heavy atom. The van der Waals surface area contributed by atoms with Crippen LogP contribution in [0.2, 0.25) is 0 Å². The van der Waals surface area contributed by atoms with Crippen molar-refractivity contribution >= 4 is 17.4 Å². The van der Waals surface area contributed by atoms with E-state index in [2.05, 4.69) is 22.1 Å². The molecule has 1 saturated carbocycles. The number of hydrogen-bond acceptors (Lipinski definition) is 4. The summed E-state index contributed by atoms with van der Waals surface area (Å²) in [6, 6.07) is 16.1. The lowest BCUT2D eigenvalue weighted by Crippen LogP contribution is -2.33. The quantitative estimate of drug-likeness (QED) is 0.579. The first-order valence-electron chi connectivity index (χ1n) is 10.5. The Labute approximate surface area is 182 Å². The Balaban J connectivity index is 1.43. The molecule has 1 aliphatic carbocycles. The zero-order valence-electron chi connectivity index (χ0n) is 17.9. The van der Waals surface area contributed by atoms with Gasteiger partial charge in [-0.2, -0.15) is 0 Å². The lowest BCUT2D eigenvalue weighted by molar-refractivity contribution is 0.0951. The zero-order chi connectivity index (χ0) is 22.0. The van der Waals surface area contributed by atoms with Crippen molar-refractivity contribution in [3.05, 3.63) is 77.7 Å². The predicted octanol–water partition coefficient (Wildman–Crippen LogP) is 4.78. The largest absolute Gasteiger partial charge is 0.384 e. The van der Waals surface area contributed by atoms with Gasteiger partial charge < -0.3 is 16.0 Å². The summed E-state index contributed by atoms with van der Waals surface area (Å²) in [6.45, 7) is 2.52. The molecule has 0 bridgehead atoms. The molecule has 5 nitrogen and oxygen atoms in total. The summed E-state index contributed by atoms with van der Waals surface area (Å²) in [5.41, 5.74) is 9.39. The molecule has 0 unspecified atom stereocenters. The molecule has 31 heavy (non-hydrogen) atoms. The number of nitrogens with one attached hydrogen (secondary N) is 1. The molecule has 1 heterocycles. The van der Waals surface area contributed by atoms with Crippen LogP contribution in [0, 0.1) is 5.82 Å². The van der Waals surface area contributed by atoms with Gasteiger partial charge in [0.1, 0.15) is 11.6 Å². The molecule has 3 N–H and O–H groups in total. The molecule has 0 aliphatic heterocycles. The van der Waals surface area contributed by atoms with Crippen LogP contribution in [0.25, 0.3) is 11.1 Å². The Morgan fingerprint density at radius 1 is 1.13 bits per heavy atom. The minimum Gasteiger partial charge on any atom is -0.384 e. The van der Waals surface area contributed by atoms with Crippen molar-refractivity contribution in [3.63, 3.8) is 0 Å². The first-order chi connectivity index (χ1) is 14.9. The van der Waals surface area contributed by atoms with Crippen molar-refractivity contribution in [3.8, 4) is 11.1 Å². The summed E-state index contributed by atoms with van der Waals surface area (Å²) in [4.78, 5) is 18.5. The molecule has 1 aliphatic rings. The lowest BCUT2D eigenvalue weighted by atomic mass is 10.0. The average molecular weight is 419 g/mol. The number of pyridine rings is 1. The van der Waals surface area contributed by atoms with Gasteiger partial charge in [0.25, 0.3) is 5.91 Å². The highest BCUT2D eigenvalue weighted by atomic mass is 19.1. The average Bonchev–Trinajstić information content (AvgIpc) is 3.59. The van der Waals surface area contributed by atoms with Gasteiger partial charge >= 0.3 is 0 Å². The Hall–Kier alpha value is -3.41. The van der Waals surface area contributed by atoms with E-state index in [9.17, 15) is 9.18 Å². The van der Waals surface area contributed by atoms with E-state index < -0.39 is 0 Å². The first-order valence-corrected chi connectivity index (χ1v) is 10.5. The predicted molar refractivity (Wildman–Crippen MR) is 122 cm³/mol. The van der Waals surface area contributed by atoms with Gasteiger partial charge in [-0.25, -0.2) is 9.37 Å². The van der Waals surface area contributed by atoms with Gasteiger partial charge in [0.2, 0.25) is 0 Å². The summed E-state index contributed by atoms with van der Waals surface area (Å²) in [7, 11) is 1.97. The fraction of sp³-hybridized carbons (Fsp3) is 0.280. The van der Waals surface area contributed by atoms with Crippen molar-refractivity contribution in [2.45, 2.75) is 38.3 Å². The summed E-state index contributed by atoms with van der Waals surface area (Å²) in [5, 5.41) is 2.86. The number of hydrogen-bond donors (Lipinski definition) is 2. The number of nitrogens with zero attached hydrogens (tertiary/aromatic N) is 2. The van der Waals surface area contributed by atoms with E-state index in [0.29, 0.717) is 23.6 Å². The van der Waals surface area contributed by atoms with Crippen LogP contribution in [0.1, 0.15) is 42.1 Å². The van der Waals surface area contributed by atoms with E-state index in [1.807, 2.05) is 37.4 Å². The number of amides is 1. The minimum atomic E-state index is -0.223. The van der Waals surface area contributed by atoms with Crippen LogP contribution in [0.15, 0.2) is 60.8 Å². The fourth-order valence-electron chi connectivity index (χ4n) is 3.92. The van der Waals surface area contributed by atoms with Crippen molar-refractivity contribution in [1.29, 1.82) is 0 Å². The lowest BCUT2D eigenvalue weighted by Gasteiger charge is -2.29. The van der Waals surface area contributed by atoms with Crippen molar-refractivity contribution in [2.75, 3.05) is 17.7 Å². The summed E-state index contributed by atoms with van der Waals surface area (Å²) >= 11 is 0. The number of aromatic nitrogens is 1. The van der Waals surface area contributed by atoms with Crippen LogP contribution in [0.3, 0.4) is 0 Å². The molecule has 2 aromatic carbocycles. The van der Waals surface area contributed by atoms with E-state index in [1.54, 1.807) is 30.5 Å². The van der Waals surface area contributed by atoms with Gasteiger partial charge in [-0.1, -0.05) is 31.2 Å². The van der Waals surface area contributed by atoms with Crippen molar-refractivity contribution in [1.82, 2.24) is 10.3 Å². The van der Waals surface area contributed by atoms with E-state index in [-0.39, 0.29) is 17.3 Å². The maximum Gasteiger partial charge on any atom is 0.251 e. The third-order valence-corrected chi connectivity index (χ3v) is 6.29. The molecule has 1 amide bonds. The third kappa shape index (κ3) is 4.38. The zero-order valence-corrected chi connectivity index (χ0v) is 17.9. The molecule has 0 atom stereocenters. The molecule has 160 valence electrons. The van der Waals surface area contributed by atoms with E-state index >= 15 is 0 Å². The van der Waals surface area contributed by atoms with Gasteiger partial charge in [-0.05, 0) is 66.3 Å². The second kappa shape index (κ2) is 8.38. The maximum atomic E-state index is 14.9. The Kier molecular flexibility index (Phi) is 5.63. The molecule has 4 rings (SSSR count). The normalized spacial score (nSPS) is 14.2. The highest BCUT2D eigenvalue weighted by Gasteiger charge is 2.45. The van der Waals surface area contributed by atoms with Gasteiger partial charge in [0, 0.05) is 30.9 Å². The van der Waals surface area contributed by atoms with Crippen LogP contribution in [0.5, 0.6) is 0 Å². The molecule has 6 heteroatoms. The number of halogens is 1. The molecule has 1 fully saturated rings. The molecule has 0 radical (unpaired) electrons. The standard InChI is InChI=1S/C25H27FN4O/c1-3-25(12-13-25)30(2)22-10-9-20(14-21(22)26)18-5-7-19(8-6-18)24(31)29-16-17-4-11-23(27)28-15-17/h4-11,14-15H,3,12-13,16H2,1-2H3,(H2,27,28)(H,29,31). The van der Waals surface area contributed by atoms with E-state index in [1.165, 1.54) is 0 Å². The number of carbonyl (C=O) groups is 1.